The molecule has 3 nitrogen and oxygen atoms in total. The predicted molar refractivity (Wildman–Crippen MR) is 43.2 cm³/mol. The summed E-state index contributed by atoms with van der Waals surface area (Å²) in [6.07, 6.45) is 2.55. The quantitative estimate of drug-likeness (QED) is 0.572. The van der Waals surface area contributed by atoms with Crippen molar-refractivity contribution in [3.63, 3.8) is 0 Å². The Labute approximate surface area is 67.4 Å². The van der Waals surface area contributed by atoms with Crippen LogP contribution in [-0.2, 0) is 0 Å². The van der Waals surface area contributed by atoms with Crippen LogP contribution in [-0.4, -0.2) is 42.4 Å². The average Bonchev–Trinajstić information content (AvgIpc) is 2.32. The average molecular weight is 156 g/mol. The van der Waals surface area contributed by atoms with Crippen molar-refractivity contribution in [1.29, 1.82) is 0 Å². The third-order valence-corrected chi connectivity index (χ3v) is 2.95. The Hall–Kier alpha value is -0.120. The number of nitrogens with one attached hydrogen (secondary N) is 1. The summed E-state index contributed by atoms with van der Waals surface area (Å²) in [4.78, 5) is 2.20. The highest BCUT2D eigenvalue weighted by Gasteiger charge is 2.34. The van der Waals surface area contributed by atoms with E-state index >= 15 is 0 Å². The van der Waals surface area contributed by atoms with Crippen molar-refractivity contribution in [3.05, 3.63) is 0 Å². The lowest BCUT2D eigenvalue weighted by molar-refractivity contribution is 0.0580. The fraction of sp³-hybridized carbons (Fsp3) is 1.00. The lowest BCUT2D eigenvalue weighted by Gasteiger charge is -2.36. The Morgan fingerprint density at radius 3 is 2.82 bits per heavy atom. The van der Waals surface area contributed by atoms with Gasteiger partial charge in [0.05, 0.1) is 6.73 Å². The lowest BCUT2D eigenvalue weighted by atomic mass is 9.92. The fourth-order valence-corrected chi connectivity index (χ4v) is 2.14. The minimum absolute atomic E-state index is 0.251. The molecule has 0 aromatic heterocycles. The highest BCUT2D eigenvalue weighted by Crippen LogP contribution is 2.25. The van der Waals surface area contributed by atoms with E-state index in [4.69, 9.17) is 5.11 Å². The third-order valence-electron chi connectivity index (χ3n) is 2.95. The van der Waals surface area contributed by atoms with Crippen molar-refractivity contribution >= 4 is 0 Å². The molecule has 0 aliphatic carbocycles. The van der Waals surface area contributed by atoms with Crippen LogP contribution >= 0.6 is 0 Å². The van der Waals surface area contributed by atoms with Crippen LogP contribution in [0.2, 0.25) is 0 Å². The fourth-order valence-electron chi connectivity index (χ4n) is 2.14. The van der Waals surface area contributed by atoms with E-state index in [0.717, 1.165) is 25.6 Å². The first kappa shape index (κ1) is 7.53. The van der Waals surface area contributed by atoms with Crippen molar-refractivity contribution < 1.29 is 5.11 Å². The van der Waals surface area contributed by atoms with Gasteiger partial charge in [0.2, 0.25) is 0 Å². The third kappa shape index (κ3) is 1.28. The molecule has 11 heavy (non-hydrogen) atoms. The van der Waals surface area contributed by atoms with Crippen LogP contribution in [0.4, 0.5) is 0 Å². The van der Waals surface area contributed by atoms with Gasteiger partial charge in [0.15, 0.2) is 0 Å². The van der Waals surface area contributed by atoms with Gasteiger partial charge in [-0.3, -0.25) is 4.90 Å². The molecule has 2 aliphatic heterocycles. The SMILES string of the molecule is OCN1CCCC1C1CNC1. The molecule has 2 heterocycles. The highest BCUT2D eigenvalue weighted by molar-refractivity contribution is 4.90. The normalized spacial score (nSPS) is 34.1. The molecule has 1 unspecified atom stereocenters. The predicted octanol–water partition coefficient (Wildman–Crippen LogP) is -0.380. The number of aliphatic hydroxyl groups excluding tert-OH is 1. The van der Waals surface area contributed by atoms with Gasteiger partial charge in [0.1, 0.15) is 0 Å². The van der Waals surface area contributed by atoms with E-state index in [2.05, 4.69) is 10.2 Å². The van der Waals surface area contributed by atoms with Gasteiger partial charge in [-0.1, -0.05) is 0 Å². The molecule has 2 rings (SSSR count). The molecule has 0 aromatic rings. The van der Waals surface area contributed by atoms with Crippen LogP contribution in [0.5, 0.6) is 0 Å². The van der Waals surface area contributed by atoms with Gasteiger partial charge in [-0.05, 0) is 18.8 Å². The van der Waals surface area contributed by atoms with Gasteiger partial charge >= 0.3 is 0 Å². The Bertz CT molecular complexity index is 136. The molecule has 2 N–H and O–H groups in total. The number of likely N-dealkylation sites (tertiary alicyclic amines) is 1. The zero-order chi connectivity index (χ0) is 7.68. The number of rotatable bonds is 2. The number of hydrogen-bond acceptors (Lipinski definition) is 3. The molecule has 0 bridgehead atoms. The van der Waals surface area contributed by atoms with E-state index in [1.54, 1.807) is 0 Å². The van der Waals surface area contributed by atoms with Crippen LogP contribution < -0.4 is 5.32 Å². The van der Waals surface area contributed by atoms with E-state index in [1.807, 2.05) is 0 Å². The van der Waals surface area contributed by atoms with E-state index in [0.29, 0.717) is 6.04 Å². The Kier molecular flexibility index (Phi) is 2.11. The molecule has 2 aliphatic rings. The van der Waals surface area contributed by atoms with Crippen molar-refractivity contribution in [2.24, 2.45) is 5.92 Å². The molecule has 0 amide bonds. The molecular weight excluding hydrogens is 140 g/mol. The zero-order valence-corrected chi connectivity index (χ0v) is 6.79. The zero-order valence-electron chi connectivity index (χ0n) is 6.79. The first-order valence-corrected chi connectivity index (χ1v) is 4.47. The molecule has 3 heteroatoms. The molecular formula is C8H16N2O. The molecule has 0 spiro atoms. The molecule has 0 aromatic carbocycles. The maximum absolute atomic E-state index is 9.01. The maximum atomic E-state index is 9.01. The monoisotopic (exact) mass is 156 g/mol. The summed E-state index contributed by atoms with van der Waals surface area (Å²) in [5, 5.41) is 12.3. The van der Waals surface area contributed by atoms with E-state index in [1.165, 1.54) is 12.8 Å². The van der Waals surface area contributed by atoms with Crippen LogP contribution in [0.25, 0.3) is 0 Å². The van der Waals surface area contributed by atoms with Crippen molar-refractivity contribution in [3.8, 4) is 0 Å². The number of hydrogen-bond donors (Lipinski definition) is 2. The second kappa shape index (κ2) is 3.09. The second-order valence-corrected chi connectivity index (χ2v) is 3.58. The summed E-state index contributed by atoms with van der Waals surface area (Å²) in [7, 11) is 0. The summed E-state index contributed by atoms with van der Waals surface area (Å²) in [6.45, 7) is 3.65. The van der Waals surface area contributed by atoms with Gasteiger partial charge in [-0.2, -0.15) is 0 Å². The molecule has 2 saturated heterocycles. The van der Waals surface area contributed by atoms with Crippen LogP contribution in [0.15, 0.2) is 0 Å². The van der Waals surface area contributed by atoms with Gasteiger partial charge in [0.25, 0.3) is 0 Å². The van der Waals surface area contributed by atoms with Crippen LogP contribution in [0, 0.1) is 5.92 Å². The first-order chi connectivity index (χ1) is 5.42. The molecule has 0 saturated carbocycles. The molecule has 64 valence electrons. The minimum Gasteiger partial charge on any atom is -0.381 e. The van der Waals surface area contributed by atoms with Crippen LogP contribution in [0.1, 0.15) is 12.8 Å². The topological polar surface area (TPSA) is 35.5 Å². The van der Waals surface area contributed by atoms with Crippen LogP contribution in [0.3, 0.4) is 0 Å². The summed E-state index contributed by atoms with van der Waals surface area (Å²) in [5.41, 5.74) is 0. The van der Waals surface area contributed by atoms with Crippen molar-refractivity contribution in [2.45, 2.75) is 18.9 Å². The Morgan fingerprint density at radius 1 is 1.45 bits per heavy atom. The lowest BCUT2D eigenvalue weighted by Crippen LogP contribution is -2.52. The summed E-state index contributed by atoms with van der Waals surface area (Å²) < 4.78 is 0. The molecule has 2 fully saturated rings. The Morgan fingerprint density at radius 2 is 2.27 bits per heavy atom. The maximum Gasteiger partial charge on any atom is 0.0959 e. The highest BCUT2D eigenvalue weighted by atomic mass is 16.3. The summed E-state index contributed by atoms with van der Waals surface area (Å²) in [5.74, 6) is 0.810. The van der Waals surface area contributed by atoms with Gasteiger partial charge in [-0.15, -0.1) is 0 Å². The Balaban J connectivity index is 1.89. The van der Waals surface area contributed by atoms with E-state index in [-0.39, 0.29) is 6.73 Å². The standard InChI is InChI=1S/C8H16N2O/c11-6-10-3-1-2-8(10)7-4-9-5-7/h7-9,11H,1-6H2. The minimum atomic E-state index is 0.251. The van der Waals surface area contributed by atoms with Gasteiger partial charge < -0.3 is 10.4 Å². The van der Waals surface area contributed by atoms with E-state index in [9.17, 15) is 0 Å². The number of nitrogens with zero attached hydrogens (tertiary/aromatic N) is 1. The largest absolute Gasteiger partial charge is 0.381 e. The second-order valence-electron chi connectivity index (χ2n) is 3.58. The van der Waals surface area contributed by atoms with Gasteiger partial charge in [0, 0.05) is 25.7 Å². The molecule has 1 atom stereocenters. The first-order valence-electron chi connectivity index (χ1n) is 4.47. The summed E-state index contributed by atoms with van der Waals surface area (Å²) >= 11 is 0. The van der Waals surface area contributed by atoms with Crippen molar-refractivity contribution in [1.82, 2.24) is 10.2 Å². The summed E-state index contributed by atoms with van der Waals surface area (Å²) in [6, 6.07) is 0.668. The number of aliphatic hydroxyl groups is 1. The van der Waals surface area contributed by atoms with E-state index < -0.39 is 0 Å². The van der Waals surface area contributed by atoms with Crippen molar-refractivity contribution in [2.75, 3.05) is 26.4 Å². The smallest absolute Gasteiger partial charge is 0.0959 e. The molecule has 0 radical (unpaired) electrons. The van der Waals surface area contributed by atoms with Gasteiger partial charge in [-0.25, -0.2) is 0 Å².